The van der Waals surface area contributed by atoms with Crippen LogP contribution in [-0.2, 0) is 4.79 Å². The second kappa shape index (κ2) is 5.90. The highest BCUT2D eigenvalue weighted by Gasteiger charge is 2.34. The van der Waals surface area contributed by atoms with Crippen LogP contribution in [0.25, 0.3) is 6.08 Å². The van der Waals surface area contributed by atoms with Crippen LogP contribution in [0, 0.1) is 0 Å². The molecule has 0 unspecified atom stereocenters. The van der Waals surface area contributed by atoms with Gasteiger partial charge in [0.15, 0.2) is 4.32 Å². The standard InChI is InChI=1S/C15H9NO5S2/c17-11-4-3-8(6-10(11)14(19)20)16-13(18)12(23-15(16)22)7-9-2-1-5-21-9/h1-7,17H,(H,19,20)/b12-7+. The molecule has 8 heteroatoms. The first kappa shape index (κ1) is 15.3. The number of aromatic carboxylic acids is 1. The number of carbonyl (C=O) groups excluding carboxylic acids is 1. The van der Waals surface area contributed by atoms with Crippen molar-refractivity contribution in [2.75, 3.05) is 4.90 Å². The number of aromatic hydroxyl groups is 1. The van der Waals surface area contributed by atoms with Crippen LogP contribution in [0.15, 0.2) is 45.9 Å². The number of furan rings is 1. The van der Waals surface area contributed by atoms with E-state index in [2.05, 4.69) is 0 Å². The van der Waals surface area contributed by atoms with Crippen LogP contribution in [0.4, 0.5) is 5.69 Å². The minimum Gasteiger partial charge on any atom is -0.507 e. The highest BCUT2D eigenvalue weighted by molar-refractivity contribution is 8.27. The molecule has 0 radical (unpaired) electrons. The Kier molecular flexibility index (Phi) is 3.93. The summed E-state index contributed by atoms with van der Waals surface area (Å²) in [6.07, 6.45) is 3.06. The van der Waals surface area contributed by atoms with Crippen LogP contribution in [0.1, 0.15) is 16.1 Å². The van der Waals surface area contributed by atoms with Crippen LogP contribution in [0.3, 0.4) is 0 Å². The second-order valence-corrected chi connectivity index (χ2v) is 6.21. The van der Waals surface area contributed by atoms with Gasteiger partial charge in [-0.3, -0.25) is 9.69 Å². The van der Waals surface area contributed by atoms with E-state index in [-0.39, 0.29) is 27.2 Å². The molecule has 1 saturated heterocycles. The highest BCUT2D eigenvalue weighted by Crippen LogP contribution is 2.37. The molecule has 1 amide bonds. The normalized spacial score (nSPS) is 16.3. The zero-order valence-electron chi connectivity index (χ0n) is 11.4. The molecule has 1 aliphatic heterocycles. The highest BCUT2D eigenvalue weighted by atomic mass is 32.2. The molecule has 0 aliphatic carbocycles. The first-order valence-corrected chi connectivity index (χ1v) is 7.57. The topological polar surface area (TPSA) is 91.0 Å². The molecule has 0 spiro atoms. The minimum atomic E-state index is -1.29. The maximum absolute atomic E-state index is 12.5. The van der Waals surface area contributed by atoms with Gasteiger partial charge < -0.3 is 14.6 Å². The number of rotatable bonds is 3. The third kappa shape index (κ3) is 2.86. The smallest absolute Gasteiger partial charge is 0.339 e. The molecule has 116 valence electrons. The second-order valence-electron chi connectivity index (χ2n) is 4.54. The van der Waals surface area contributed by atoms with E-state index in [9.17, 15) is 14.7 Å². The van der Waals surface area contributed by atoms with Gasteiger partial charge in [-0.15, -0.1) is 0 Å². The number of hydrogen-bond acceptors (Lipinski definition) is 6. The molecule has 1 aliphatic rings. The number of hydrogen-bond donors (Lipinski definition) is 2. The molecule has 2 N–H and O–H groups in total. The van der Waals surface area contributed by atoms with Gasteiger partial charge in [-0.05, 0) is 30.3 Å². The number of carbonyl (C=O) groups is 2. The van der Waals surface area contributed by atoms with Crippen LogP contribution in [0.5, 0.6) is 5.75 Å². The largest absolute Gasteiger partial charge is 0.507 e. The Labute approximate surface area is 140 Å². The van der Waals surface area contributed by atoms with Gasteiger partial charge in [-0.25, -0.2) is 4.79 Å². The van der Waals surface area contributed by atoms with Gasteiger partial charge in [0.25, 0.3) is 5.91 Å². The Hall–Kier alpha value is -2.58. The summed E-state index contributed by atoms with van der Waals surface area (Å²) < 4.78 is 5.44. The van der Waals surface area contributed by atoms with Gasteiger partial charge in [0, 0.05) is 6.08 Å². The Morgan fingerprint density at radius 1 is 1.35 bits per heavy atom. The fourth-order valence-corrected chi connectivity index (χ4v) is 3.31. The summed E-state index contributed by atoms with van der Waals surface area (Å²) in [7, 11) is 0. The predicted molar refractivity (Wildman–Crippen MR) is 89.4 cm³/mol. The van der Waals surface area contributed by atoms with E-state index in [1.807, 2.05) is 0 Å². The van der Waals surface area contributed by atoms with Crippen molar-refractivity contribution < 1.29 is 24.2 Å². The number of nitrogens with zero attached hydrogens (tertiary/aromatic N) is 1. The van der Waals surface area contributed by atoms with E-state index in [1.54, 1.807) is 18.2 Å². The van der Waals surface area contributed by atoms with Crippen molar-refractivity contribution in [3.8, 4) is 5.75 Å². The maximum Gasteiger partial charge on any atom is 0.339 e. The van der Waals surface area contributed by atoms with Crippen molar-refractivity contribution in [2.45, 2.75) is 0 Å². The average Bonchev–Trinajstić information content (AvgIpc) is 3.09. The van der Waals surface area contributed by atoms with Crippen LogP contribution < -0.4 is 4.90 Å². The predicted octanol–water partition coefficient (Wildman–Crippen LogP) is 3.09. The van der Waals surface area contributed by atoms with Crippen molar-refractivity contribution in [1.29, 1.82) is 0 Å². The minimum absolute atomic E-state index is 0.273. The monoisotopic (exact) mass is 347 g/mol. The van der Waals surface area contributed by atoms with Gasteiger partial charge in [-0.1, -0.05) is 24.0 Å². The lowest BCUT2D eigenvalue weighted by atomic mass is 10.1. The summed E-state index contributed by atoms with van der Waals surface area (Å²) in [6.45, 7) is 0. The first-order chi connectivity index (χ1) is 11.0. The van der Waals surface area contributed by atoms with E-state index in [1.165, 1.54) is 29.4 Å². The Morgan fingerprint density at radius 3 is 2.78 bits per heavy atom. The fraction of sp³-hybridized carbons (Fsp3) is 0. The zero-order chi connectivity index (χ0) is 16.6. The molecule has 2 heterocycles. The molecule has 0 bridgehead atoms. The summed E-state index contributed by atoms with van der Waals surface area (Å²) >= 11 is 6.29. The maximum atomic E-state index is 12.5. The lowest BCUT2D eigenvalue weighted by molar-refractivity contribution is -0.113. The van der Waals surface area contributed by atoms with Crippen LogP contribution in [0.2, 0.25) is 0 Å². The van der Waals surface area contributed by atoms with Gasteiger partial charge in [0.2, 0.25) is 0 Å². The summed E-state index contributed by atoms with van der Waals surface area (Å²) in [4.78, 5) is 25.2. The van der Waals surface area contributed by atoms with Gasteiger partial charge in [-0.2, -0.15) is 0 Å². The molecule has 6 nitrogen and oxygen atoms in total. The van der Waals surface area contributed by atoms with Gasteiger partial charge >= 0.3 is 5.97 Å². The van der Waals surface area contributed by atoms with Crippen LogP contribution >= 0.6 is 24.0 Å². The third-order valence-corrected chi connectivity index (χ3v) is 4.38. The number of carboxylic acid groups (broad SMARTS) is 1. The average molecular weight is 347 g/mol. The first-order valence-electron chi connectivity index (χ1n) is 6.35. The molecule has 23 heavy (non-hydrogen) atoms. The van der Waals surface area contributed by atoms with E-state index >= 15 is 0 Å². The third-order valence-electron chi connectivity index (χ3n) is 3.08. The summed E-state index contributed by atoms with van der Waals surface area (Å²) in [5.74, 6) is -1.53. The van der Waals surface area contributed by atoms with Crippen molar-refractivity contribution in [1.82, 2.24) is 0 Å². The summed E-state index contributed by atoms with van der Waals surface area (Å²) in [5, 5.41) is 18.6. The van der Waals surface area contributed by atoms with Crippen molar-refractivity contribution >= 4 is 51.9 Å². The van der Waals surface area contributed by atoms with E-state index < -0.39 is 5.97 Å². The Balaban J connectivity index is 1.98. The lowest BCUT2D eigenvalue weighted by Gasteiger charge is -2.15. The zero-order valence-corrected chi connectivity index (χ0v) is 13.1. The molecule has 0 saturated carbocycles. The van der Waals surface area contributed by atoms with Crippen molar-refractivity contribution in [2.24, 2.45) is 0 Å². The Bertz CT molecular complexity index is 842. The fourth-order valence-electron chi connectivity index (χ4n) is 2.03. The summed E-state index contributed by atoms with van der Waals surface area (Å²) in [5.41, 5.74) is -0.0166. The molecule has 1 aromatic carbocycles. The number of phenols is 1. The number of thiocarbonyl (C=S) groups is 1. The molecular formula is C15H9NO5S2. The van der Waals surface area contributed by atoms with Crippen molar-refractivity contribution in [3.63, 3.8) is 0 Å². The number of thioether (sulfide) groups is 1. The number of amides is 1. The molecule has 2 aromatic rings. The van der Waals surface area contributed by atoms with Crippen molar-refractivity contribution in [3.05, 3.63) is 52.8 Å². The number of benzene rings is 1. The molecule has 3 rings (SSSR count). The molecule has 0 atom stereocenters. The van der Waals surface area contributed by atoms with Gasteiger partial charge in [0.1, 0.15) is 17.1 Å². The number of anilines is 1. The van der Waals surface area contributed by atoms with E-state index in [0.29, 0.717) is 10.7 Å². The summed E-state index contributed by atoms with van der Waals surface area (Å²) in [6, 6.07) is 7.26. The van der Waals surface area contributed by atoms with E-state index in [4.69, 9.17) is 21.7 Å². The quantitative estimate of drug-likeness (QED) is 0.651. The number of carboxylic acids is 1. The SMILES string of the molecule is O=C(O)c1cc(N2C(=O)/C(=C\c3ccco3)SC2=S)ccc1O. The molecular weight excluding hydrogens is 338 g/mol. The van der Waals surface area contributed by atoms with E-state index in [0.717, 1.165) is 11.8 Å². The van der Waals surface area contributed by atoms with Gasteiger partial charge in [0.05, 0.1) is 16.9 Å². The molecule has 1 aromatic heterocycles. The Morgan fingerprint density at radius 2 is 2.13 bits per heavy atom. The lowest BCUT2D eigenvalue weighted by Crippen LogP contribution is -2.27. The van der Waals surface area contributed by atoms with Crippen LogP contribution in [-0.4, -0.2) is 26.4 Å². The molecule has 1 fully saturated rings.